The topological polar surface area (TPSA) is 46.9 Å². The van der Waals surface area contributed by atoms with Crippen LogP contribution in [0.25, 0.3) is 0 Å². The molecule has 1 amide bonds. The van der Waals surface area contributed by atoms with Crippen LogP contribution in [-0.4, -0.2) is 27.9 Å². The Morgan fingerprint density at radius 2 is 2.21 bits per heavy atom. The summed E-state index contributed by atoms with van der Waals surface area (Å²) in [5.41, 5.74) is 0.372. The third-order valence-electron chi connectivity index (χ3n) is 3.44. The van der Waals surface area contributed by atoms with Crippen molar-refractivity contribution >= 4 is 5.91 Å². The highest BCUT2D eigenvalue weighted by Gasteiger charge is 2.42. The van der Waals surface area contributed by atoms with Crippen molar-refractivity contribution < 1.29 is 18.0 Å². The summed E-state index contributed by atoms with van der Waals surface area (Å²) in [7, 11) is 1.68. The monoisotopic (exact) mass is 275 g/mol. The first-order chi connectivity index (χ1) is 8.86. The molecule has 2 rings (SSSR count). The first kappa shape index (κ1) is 13.9. The molecule has 1 saturated carbocycles. The van der Waals surface area contributed by atoms with Gasteiger partial charge in [-0.05, 0) is 19.3 Å². The van der Waals surface area contributed by atoms with Crippen molar-refractivity contribution in [3.8, 4) is 0 Å². The van der Waals surface area contributed by atoms with E-state index < -0.39 is 18.1 Å². The van der Waals surface area contributed by atoms with Gasteiger partial charge in [-0.25, -0.2) is 0 Å². The molecule has 19 heavy (non-hydrogen) atoms. The molecule has 0 aliphatic heterocycles. The molecule has 1 heterocycles. The third-order valence-corrected chi connectivity index (χ3v) is 3.44. The fraction of sp³-hybridized carbons (Fsp3) is 0.667. The van der Waals surface area contributed by atoms with E-state index in [1.807, 2.05) is 0 Å². The minimum absolute atomic E-state index is 0.0322. The van der Waals surface area contributed by atoms with Gasteiger partial charge in [-0.1, -0.05) is 6.42 Å². The van der Waals surface area contributed by atoms with Crippen LogP contribution in [0.2, 0.25) is 0 Å². The summed E-state index contributed by atoms with van der Waals surface area (Å²) < 4.78 is 39.4. The average Bonchev–Trinajstić information content (AvgIpc) is 2.75. The Morgan fingerprint density at radius 1 is 1.47 bits per heavy atom. The molecule has 1 aliphatic rings. The lowest BCUT2D eigenvalue weighted by molar-refractivity contribution is -0.183. The normalized spacial score (nSPS) is 24.2. The van der Waals surface area contributed by atoms with Gasteiger partial charge < -0.3 is 5.32 Å². The third kappa shape index (κ3) is 3.48. The Morgan fingerprint density at radius 3 is 2.79 bits per heavy atom. The lowest BCUT2D eigenvalue weighted by Gasteiger charge is -2.30. The van der Waals surface area contributed by atoms with Crippen molar-refractivity contribution in [1.82, 2.24) is 15.1 Å². The predicted molar refractivity (Wildman–Crippen MR) is 62.5 cm³/mol. The van der Waals surface area contributed by atoms with Crippen LogP contribution in [0.4, 0.5) is 13.2 Å². The molecule has 1 aliphatic carbocycles. The summed E-state index contributed by atoms with van der Waals surface area (Å²) in [6.45, 7) is 0. The summed E-state index contributed by atoms with van der Waals surface area (Å²) in [4.78, 5) is 11.8. The van der Waals surface area contributed by atoms with Crippen LogP contribution in [-0.2, 0) is 7.05 Å². The van der Waals surface area contributed by atoms with Gasteiger partial charge in [0.2, 0.25) is 0 Å². The van der Waals surface area contributed by atoms with Crippen LogP contribution in [0.5, 0.6) is 0 Å². The highest BCUT2D eigenvalue weighted by atomic mass is 19.4. The Balaban J connectivity index is 1.94. The van der Waals surface area contributed by atoms with Gasteiger partial charge in [-0.15, -0.1) is 0 Å². The van der Waals surface area contributed by atoms with E-state index in [9.17, 15) is 18.0 Å². The van der Waals surface area contributed by atoms with E-state index in [0.717, 1.165) is 0 Å². The van der Waals surface area contributed by atoms with E-state index in [-0.39, 0.29) is 18.7 Å². The zero-order valence-electron chi connectivity index (χ0n) is 10.6. The molecule has 0 aromatic carbocycles. The van der Waals surface area contributed by atoms with Crippen molar-refractivity contribution in [2.75, 3.05) is 0 Å². The van der Waals surface area contributed by atoms with E-state index in [1.54, 1.807) is 13.2 Å². The lowest BCUT2D eigenvalue weighted by atomic mass is 9.85. The molecule has 4 nitrogen and oxygen atoms in total. The molecule has 1 aromatic rings. The molecule has 1 aromatic heterocycles. The van der Waals surface area contributed by atoms with Crippen LogP contribution in [0, 0.1) is 5.92 Å². The molecule has 0 unspecified atom stereocenters. The second-order valence-corrected chi connectivity index (χ2v) is 4.98. The number of carbonyl (C=O) groups excluding carboxylic acids is 1. The molecule has 0 saturated heterocycles. The second-order valence-electron chi connectivity index (χ2n) is 4.98. The van der Waals surface area contributed by atoms with Crippen molar-refractivity contribution in [2.45, 2.75) is 37.9 Å². The fourth-order valence-corrected chi connectivity index (χ4v) is 2.43. The Labute approximate surface area is 109 Å². The number of alkyl halides is 3. The first-order valence-corrected chi connectivity index (χ1v) is 6.22. The number of halogens is 3. The number of amides is 1. The number of carbonyl (C=O) groups is 1. The number of rotatable bonds is 2. The summed E-state index contributed by atoms with van der Waals surface area (Å²) in [5, 5.41) is 6.52. The lowest BCUT2D eigenvalue weighted by Crippen LogP contribution is -2.41. The second kappa shape index (κ2) is 5.22. The van der Waals surface area contributed by atoms with Gasteiger partial charge in [0.1, 0.15) is 0 Å². The SMILES string of the molecule is Cn1cc(C(=O)N[C@@H]2CCC[C@@H](C(F)(F)F)C2)cn1. The van der Waals surface area contributed by atoms with Crippen LogP contribution < -0.4 is 5.32 Å². The Bertz CT molecular complexity index is 455. The molecule has 1 N–H and O–H groups in total. The summed E-state index contributed by atoms with van der Waals surface area (Å²) >= 11 is 0. The maximum atomic E-state index is 12.7. The molecule has 106 valence electrons. The standard InChI is InChI=1S/C12H16F3N3O/c1-18-7-8(6-16-18)11(19)17-10-4-2-3-9(5-10)12(13,14)15/h6-7,9-10H,2-5H2,1H3,(H,17,19)/t9-,10-/m1/s1. The summed E-state index contributed by atoms with van der Waals surface area (Å²) in [6, 6.07) is -0.409. The van der Waals surface area contributed by atoms with Crippen LogP contribution >= 0.6 is 0 Å². The van der Waals surface area contributed by atoms with E-state index in [1.165, 1.54) is 10.9 Å². The molecular weight excluding hydrogens is 259 g/mol. The van der Waals surface area contributed by atoms with Crippen molar-refractivity contribution in [1.29, 1.82) is 0 Å². The number of hydrogen-bond acceptors (Lipinski definition) is 2. The van der Waals surface area contributed by atoms with Gasteiger partial charge in [-0.3, -0.25) is 9.48 Å². The molecular formula is C12H16F3N3O. The quantitative estimate of drug-likeness (QED) is 0.900. The van der Waals surface area contributed by atoms with E-state index in [2.05, 4.69) is 10.4 Å². The van der Waals surface area contributed by atoms with Crippen molar-refractivity contribution in [2.24, 2.45) is 13.0 Å². The largest absolute Gasteiger partial charge is 0.391 e. The highest BCUT2D eigenvalue weighted by Crippen LogP contribution is 2.37. The molecule has 1 fully saturated rings. The predicted octanol–water partition coefficient (Wildman–Crippen LogP) is 2.27. The van der Waals surface area contributed by atoms with Crippen molar-refractivity contribution in [3.05, 3.63) is 18.0 Å². The van der Waals surface area contributed by atoms with Gasteiger partial charge in [0.25, 0.3) is 5.91 Å². The summed E-state index contributed by atoms with van der Waals surface area (Å²) in [5.74, 6) is -1.67. The van der Waals surface area contributed by atoms with Gasteiger partial charge >= 0.3 is 6.18 Å². The van der Waals surface area contributed by atoms with Crippen LogP contribution in [0.3, 0.4) is 0 Å². The zero-order valence-corrected chi connectivity index (χ0v) is 10.6. The number of aromatic nitrogens is 2. The summed E-state index contributed by atoms with van der Waals surface area (Å²) in [6.07, 6.45) is -0.0183. The highest BCUT2D eigenvalue weighted by molar-refractivity contribution is 5.93. The van der Waals surface area contributed by atoms with Gasteiger partial charge in [0.15, 0.2) is 0 Å². The van der Waals surface area contributed by atoms with E-state index >= 15 is 0 Å². The van der Waals surface area contributed by atoms with E-state index in [0.29, 0.717) is 18.4 Å². The first-order valence-electron chi connectivity index (χ1n) is 6.22. The average molecular weight is 275 g/mol. The number of hydrogen-bond donors (Lipinski definition) is 1. The smallest absolute Gasteiger partial charge is 0.349 e. The number of nitrogens with zero attached hydrogens (tertiary/aromatic N) is 2. The Kier molecular flexibility index (Phi) is 3.82. The molecule has 7 heteroatoms. The Hall–Kier alpha value is -1.53. The number of aryl methyl sites for hydroxylation is 1. The van der Waals surface area contributed by atoms with Crippen LogP contribution in [0.15, 0.2) is 12.4 Å². The molecule has 2 atom stereocenters. The van der Waals surface area contributed by atoms with E-state index in [4.69, 9.17) is 0 Å². The number of nitrogens with one attached hydrogen (secondary N) is 1. The molecule has 0 spiro atoms. The maximum Gasteiger partial charge on any atom is 0.391 e. The fourth-order valence-electron chi connectivity index (χ4n) is 2.43. The van der Waals surface area contributed by atoms with Gasteiger partial charge in [0.05, 0.1) is 17.7 Å². The minimum atomic E-state index is -4.17. The van der Waals surface area contributed by atoms with Gasteiger partial charge in [0, 0.05) is 19.3 Å². The van der Waals surface area contributed by atoms with Gasteiger partial charge in [-0.2, -0.15) is 18.3 Å². The maximum absolute atomic E-state index is 12.7. The van der Waals surface area contributed by atoms with Crippen LogP contribution in [0.1, 0.15) is 36.0 Å². The molecule has 0 bridgehead atoms. The molecule has 0 radical (unpaired) electrons. The van der Waals surface area contributed by atoms with Crippen molar-refractivity contribution in [3.63, 3.8) is 0 Å². The zero-order chi connectivity index (χ0) is 14.0. The minimum Gasteiger partial charge on any atom is -0.349 e.